The van der Waals surface area contributed by atoms with Crippen molar-refractivity contribution in [3.63, 3.8) is 0 Å². The number of ether oxygens (including phenoxy) is 1. The van der Waals surface area contributed by atoms with E-state index < -0.39 is 0 Å². The van der Waals surface area contributed by atoms with E-state index in [2.05, 4.69) is 60.7 Å². The number of morpholine rings is 1. The van der Waals surface area contributed by atoms with Crippen molar-refractivity contribution >= 4 is 0 Å². The SMILES string of the molecule is c1ccc(C2(c3ccccc3)[C@H]3CCCC[C@]32[NH+]2CCOCC2)cc1. The van der Waals surface area contributed by atoms with Crippen molar-refractivity contribution in [3.8, 4) is 0 Å². The quantitative estimate of drug-likeness (QED) is 0.911. The average Bonchev–Trinajstić information content (AvgIpc) is 3.36. The largest absolute Gasteiger partial charge is 0.370 e. The van der Waals surface area contributed by atoms with Gasteiger partial charge in [-0.2, -0.15) is 0 Å². The van der Waals surface area contributed by atoms with E-state index in [1.54, 1.807) is 4.90 Å². The smallest absolute Gasteiger partial charge is 0.116 e. The summed E-state index contributed by atoms with van der Waals surface area (Å²) < 4.78 is 5.71. The molecular weight excluding hydrogens is 306 g/mol. The molecule has 25 heavy (non-hydrogen) atoms. The molecule has 2 atom stereocenters. The zero-order valence-electron chi connectivity index (χ0n) is 14.9. The van der Waals surface area contributed by atoms with Gasteiger partial charge in [-0.1, -0.05) is 67.1 Å². The summed E-state index contributed by atoms with van der Waals surface area (Å²) in [6.45, 7) is 4.17. The highest BCUT2D eigenvalue weighted by Gasteiger charge is 2.83. The van der Waals surface area contributed by atoms with Crippen molar-refractivity contribution < 1.29 is 9.64 Å². The fourth-order valence-corrected chi connectivity index (χ4v) is 6.46. The van der Waals surface area contributed by atoms with Crippen molar-refractivity contribution in [2.45, 2.75) is 36.6 Å². The molecule has 130 valence electrons. The standard InChI is InChI=1S/C23H27NO/c1-3-9-19(10-4-1)23(20-11-5-2-6-12-20)21-13-7-8-14-22(21,23)24-15-17-25-18-16-24/h1-6,9-12,21H,7-8,13-18H2/p+1/t21-,22-/m0/s1. The van der Waals surface area contributed by atoms with Gasteiger partial charge in [0.15, 0.2) is 0 Å². The summed E-state index contributed by atoms with van der Waals surface area (Å²) in [7, 11) is 0. The Morgan fingerprint density at radius 2 is 1.40 bits per heavy atom. The third-order valence-electron chi connectivity index (χ3n) is 7.24. The second kappa shape index (κ2) is 5.96. The van der Waals surface area contributed by atoms with Crippen LogP contribution in [-0.4, -0.2) is 31.8 Å². The number of rotatable bonds is 3. The zero-order valence-corrected chi connectivity index (χ0v) is 14.9. The van der Waals surface area contributed by atoms with Gasteiger partial charge in [-0.05, 0) is 24.0 Å². The lowest BCUT2D eigenvalue weighted by Gasteiger charge is -2.37. The highest BCUT2D eigenvalue weighted by Crippen LogP contribution is 2.70. The van der Waals surface area contributed by atoms with Crippen LogP contribution in [0.4, 0.5) is 0 Å². The van der Waals surface area contributed by atoms with Crippen LogP contribution in [0.25, 0.3) is 0 Å². The first-order chi connectivity index (χ1) is 12.4. The van der Waals surface area contributed by atoms with Gasteiger partial charge in [-0.15, -0.1) is 0 Å². The minimum atomic E-state index is 0.193. The summed E-state index contributed by atoms with van der Waals surface area (Å²) in [4.78, 5) is 1.80. The third-order valence-corrected chi connectivity index (χ3v) is 7.24. The lowest BCUT2D eigenvalue weighted by atomic mass is 9.81. The summed E-state index contributed by atoms with van der Waals surface area (Å²) in [6, 6.07) is 22.8. The molecule has 0 spiro atoms. The number of fused-ring (bicyclic) bond motifs is 1. The Balaban J connectivity index is 1.70. The van der Waals surface area contributed by atoms with Gasteiger partial charge < -0.3 is 9.64 Å². The van der Waals surface area contributed by atoms with E-state index in [-0.39, 0.29) is 5.41 Å². The fourth-order valence-electron chi connectivity index (χ4n) is 6.46. The van der Waals surface area contributed by atoms with Crippen LogP contribution >= 0.6 is 0 Å². The summed E-state index contributed by atoms with van der Waals surface area (Å²) >= 11 is 0. The molecule has 1 aliphatic heterocycles. The molecule has 1 heterocycles. The second-order valence-corrected chi connectivity index (χ2v) is 8.03. The van der Waals surface area contributed by atoms with Crippen molar-refractivity contribution in [2.75, 3.05) is 26.3 Å². The number of hydrogen-bond acceptors (Lipinski definition) is 1. The van der Waals surface area contributed by atoms with E-state index >= 15 is 0 Å². The molecule has 0 aromatic heterocycles. The molecule has 2 aromatic rings. The average molecular weight is 334 g/mol. The summed E-state index contributed by atoms with van der Waals surface area (Å²) in [5.74, 6) is 0.770. The minimum absolute atomic E-state index is 0.193. The molecule has 2 aromatic carbocycles. The van der Waals surface area contributed by atoms with Crippen LogP contribution in [0.3, 0.4) is 0 Å². The van der Waals surface area contributed by atoms with E-state index in [0.29, 0.717) is 5.54 Å². The van der Waals surface area contributed by atoms with E-state index in [1.165, 1.54) is 36.8 Å². The molecule has 5 rings (SSSR count). The maximum absolute atomic E-state index is 5.71. The first-order valence-corrected chi connectivity index (χ1v) is 9.94. The highest BCUT2D eigenvalue weighted by molar-refractivity contribution is 5.55. The van der Waals surface area contributed by atoms with Gasteiger partial charge in [-0.3, -0.25) is 0 Å². The Hall–Kier alpha value is -1.64. The Labute approximate surface area is 150 Å². The fraction of sp³-hybridized carbons (Fsp3) is 0.478. The van der Waals surface area contributed by atoms with Crippen LogP contribution in [-0.2, 0) is 10.2 Å². The van der Waals surface area contributed by atoms with Gasteiger partial charge in [0.05, 0.1) is 18.6 Å². The summed E-state index contributed by atoms with van der Waals surface area (Å²) in [5, 5.41) is 0. The van der Waals surface area contributed by atoms with Gasteiger partial charge in [0.1, 0.15) is 18.6 Å². The van der Waals surface area contributed by atoms with Crippen LogP contribution in [0, 0.1) is 5.92 Å². The molecule has 2 heteroatoms. The first-order valence-electron chi connectivity index (χ1n) is 9.94. The molecule has 2 aliphatic carbocycles. The van der Waals surface area contributed by atoms with Crippen LogP contribution < -0.4 is 4.90 Å². The predicted molar refractivity (Wildman–Crippen MR) is 99.9 cm³/mol. The van der Waals surface area contributed by atoms with Gasteiger partial charge in [0.25, 0.3) is 0 Å². The number of hydrogen-bond donors (Lipinski definition) is 1. The molecule has 0 unspecified atom stereocenters. The molecule has 0 bridgehead atoms. The van der Waals surface area contributed by atoms with Crippen LogP contribution in [0.15, 0.2) is 60.7 Å². The van der Waals surface area contributed by atoms with E-state index in [4.69, 9.17) is 4.74 Å². The maximum atomic E-state index is 5.71. The lowest BCUT2D eigenvalue weighted by molar-refractivity contribution is -0.948. The van der Waals surface area contributed by atoms with Gasteiger partial charge in [0.2, 0.25) is 0 Å². The third kappa shape index (κ3) is 2.04. The Morgan fingerprint density at radius 3 is 2.00 bits per heavy atom. The number of nitrogens with one attached hydrogen (secondary N) is 1. The van der Waals surface area contributed by atoms with Crippen LogP contribution in [0.2, 0.25) is 0 Å². The topological polar surface area (TPSA) is 13.7 Å². The normalized spacial score (nSPS) is 31.3. The molecule has 0 radical (unpaired) electrons. The minimum Gasteiger partial charge on any atom is -0.370 e. The second-order valence-electron chi connectivity index (χ2n) is 8.03. The number of benzene rings is 2. The zero-order chi connectivity index (χ0) is 16.7. The van der Waals surface area contributed by atoms with E-state index in [1.807, 2.05) is 0 Å². The Bertz CT molecular complexity index is 683. The molecule has 2 saturated carbocycles. The number of quaternary nitrogens is 1. The molecular formula is C23H28NO+. The van der Waals surface area contributed by atoms with Crippen molar-refractivity contribution in [3.05, 3.63) is 71.8 Å². The first kappa shape index (κ1) is 15.6. The maximum Gasteiger partial charge on any atom is 0.116 e. The predicted octanol–water partition coefficient (Wildman–Crippen LogP) is 2.83. The monoisotopic (exact) mass is 334 g/mol. The summed E-state index contributed by atoms with van der Waals surface area (Å²) in [6.07, 6.45) is 5.49. The van der Waals surface area contributed by atoms with Gasteiger partial charge >= 0.3 is 0 Å². The Kier molecular flexibility index (Phi) is 3.72. The molecule has 0 amide bonds. The summed E-state index contributed by atoms with van der Waals surface area (Å²) in [5.41, 5.74) is 3.63. The van der Waals surface area contributed by atoms with E-state index in [0.717, 1.165) is 32.2 Å². The van der Waals surface area contributed by atoms with E-state index in [9.17, 15) is 0 Å². The van der Waals surface area contributed by atoms with Crippen molar-refractivity contribution in [1.29, 1.82) is 0 Å². The van der Waals surface area contributed by atoms with Crippen LogP contribution in [0.1, 0.15) is 36.8 Å². The molecule has 2 nitrogen and oxygen atoms in total. The van der Waals surface area contributed by atoms with Crippen molar-refractivity contribution in [2.24, 2.45) is 5.92 Å². The van der Waals surface area contributed by atoms with Gasteiger partial charge in [-0.25, -0.2) is 0 Å². The lowest BCUT2D eigenvalue weighted by Crippen LogP contribution is -3.20. The molecule has 1 saturated heterocycles. The van der Waals surface area contributed by atoms with Crippen molar-refractivity contribution in [1.82, 2.24) is 0 Å². The Morgan fingerprint density at radius 1 is 0.800 bits per heavy atom. The van der Waals surface area contributed by atoms with Crippen LogP contribution in [0.5, 0.6) is 0 Å². The van der Waals surface area contributed by atoms with Gasteiger partial charge in [0, 0.05) is 12.3 Å². The highest BCUT2D eigenvalue weighted by atomic mass is 16.5. The molecule has 3 fully saturated rings. The molecule has 1 N–H and O–H groups in total. The molecule has 3 aliphatic rings.